The van der Waals surface area contributed by atoms with Gasteiger partial charge in [0.15, 0.2) is 0 Å². The Kier molecular flexibility index (Phi) is 12.8. The average Bonchev–Trinajstić information content (AvgIpc) is 2.94. The molecule has 0 saturated heterocycles. The fraction of sp³-hybridized carbons (Fsp3) is 0.880. The third-order valence-electron chi connectivity index (χ3n) is 6.10. The minimum Gasteiger partial charge on any atom is -0.374 e. The van der Waals surface area contributed by atoms with E-state index in [4.69, 9.17) is 4.74 Å². The van der Waals surface area contributed by atoms with Crippen LogP contribution >= 0.6 is 0 Å². The Morgan fingerprint density at radius 1 is 0.857 bits per heavy atom. The Bertz CT molecular complexity index is 507. The van der Waals surface area contributed by atoms with Crippen LogP contribution in [0.25, 0.3) is 0 Å². The molecule has 3 heteroatoms. The maximum Gasteiger partial charge on any atom is 0.253 e. The van der Waals surface area contributed by atoms with E-state index in [1.807, 2.05) is 0 Å². The zero-order chi connectivity index (χ0) is 20.9. The zero-order valence-electron chi connectivity index (χ0n) is 20.0. The van der Waals surface area contributed by atoms with Crippen molar-refractivity contribution in [2.45, 2.75) is 112 Å². The smallest absolute Gasteiger partial charge is 0.253 e. The SMILES string of the molecule is Cc1n(CCOC(CCCCC(C)C)CCC(C)CCCC(C)C)cc[n+]1C. The van der Waals surface area contributed by atoms with Gasteiger partial charge in [-0.3, -0.25) is 0 Å². The monoisotopic (exact) mass is 393 g/mol. The summed E-state index contributed by atoms with van der Waals surface area (Å²) in [4.78, 5) is 0. The first-order valence-electron chi connectivity index (χ1n) is 11.9. The summed E-state index contributed by atoms with van der Waals surface area (Å²) in [5.74, 6) is 3.77. The summed E-state index contributed by atoms with van der Waals surface area (Å²) in [6, 6.07) is 0. The lowest BCUT2D eigenvalue weighted by Gasteiger charge is -2.20. The Balaban J connectivity index is 2.38. The average molecular weight is 394 g/mol. The molecule has 2 atom stereocenters. The van der Waals surface area contributed by atoms with Gasteiger partial charge in [-0.15, -0.1) is 0 Å². The number of aromatic nitrogens is 2. The van der Waals surface area contributed by atoms with Gasteiger partial charge in [0.2, 0.25) is 0 Å². The van der Waals surface area contributed by atoms with Crippen molar-refractivity contribution >= 4 is 0 Å². The molecule has 0 aliphatic rings. The van der Waals surface area contributed by atoms with E-state index < -0.39 is 0 Å². The highest BCUT2D eigenvalue weighted by molar-refractivity contribution is 4.79. The number of rotatable bonds is 16. The van der Waals surface area contributed by atoms with Crippen molar-refractivity contribution < 1.29 is 9.30 Å². The Labute approximate surface area is 175 Å². The maximum atomic E-state index is 6.38. The topological polar surface area (TPSA) is 18.0 Å². The van der Waals surface area contributed by atoms with Gasteiger partial charge in [-0.25, -0.2) is 9.13 Å². The van der Waals surface area contributed by atoms with Crippen LogP contribution in [0.15, 0.2) is 12.4 Å². The predicted octanol–water partition coefficient (Wildman–Crippen LogP) is 6.47. The molecule has 1 aromatic rings. The second-order valence-corrected chi connectivity index (χ2v) is 9.83. The lowest BCUT2D eigenvalue weighted by molar-refractivity contribution is -0.677. The molecule has 1 aromatic heterocycles. The molecule has 0 amide bonds. The van der Waals surface area contributed by atoms with E-state index in [0.29, 0.717) is 6.10 Å². The van der Waals surface area contributed by atoms with Crippen LogP contribution < -0.4 is 4.57 Å². The van der Waals surface area contributed by atoms with Gasteiger partial charge in [-0.2, -0.15) is 0 Å². The summed E-state index contributed by atoms with van der Waals surface area (Å²) in [5, 5.41) is 0. The van der Waals surface area contributed by atoms with Crippen LogP contribution in [0, 0.1) is 24.7 Å². The third kappa shape index (κ3) is 11.2. The van der Waals surface area contributed by atoms with Crippen molar-refractivity contribution in [2.75, 3.05) is 6.61 Å². The van der Waals surface area contributed by atoms with Gasteiger partial charge in [0.25, 0.3) is 5.82 Å². The van der Waals surface area contributed by atoms with Crippen molar-refractivity contribution in [3.8, 4) is 0 Å². The van der Waals surface area contributed by atoms with E-state index in [9.17, 15) is 0 Å². The molecule has 0 saturated carbocycles. The summed E-state index contributed by atoms with van der Waals surface area (Å²) in [5.41, 5.74) is 0. The summed E-state index contributed by atoms with van der Waals surface area (Å²) >= 11 is 0. The number of hydrogen-bond acceptors (Lipinski definition) is 1. The summed E-state index contributed by atoms with van der Waals surface area (Å²) < 4.78 is 10.8. The predicted molar refractivity (Wildman–Crippen MR) is 120 cm³/mol. The lowest BCUT2D eigenvalue weighted by Crippen LogP contribution is -2.30. The molecule has 0 aromatic carbocycles. The molecule has 0 bridgehead atoms. The van der Waals surface area contributed by atoms with E-state index >= 15 is 0 Å². The molecule has 0 radical (unpaired) electrons. The first-order chi connectivity index (χ1) is 13.3. The number of nitrogens with zero attached hydrogens (tertiary/aromatic N) is 2. The lowest BCUT2D eigenvalue weighted by atomic mass is 9.93. The van der Waals surface area contributed by atoms with Crippen molar-refractivity contribution in [1.82, 2.24) is 4.57 Å². The molecule has 0 spiro atoms. The molecule has 0 fully saturated rings. The molecule has 0 aliphatic heterocycles. The van der Waals surface area contributed by atoms with Crippen LogP contribution in [0.3, 0.4) is 0 Å². The fourth-order valence-corrected chi connectivity index (χ4v) is 3.88. The Morgan fingerprint density at radius 2 is 1.50 bits per heavy atom. The minimum absolute atomic E-state index is 0.435. The van der Waals surface area contributed by atoms with Gasteiger partial charge >= 0.3 is 0 Å². The molecule has 1 rings (SSSR count). The molecule has 1 heterocycles. The normalized spacial score (nSPS) is 14.2. The first-order valence-corrected chi connectivity index (χ1v) is 11.9. The highest BCUT2D eigenvalue weighted by Gasteiger charge is 2.14. The van der Waals surface area contributed by atoms with E-state index in [1.165, 1.54) is 63.6 Å². The first kappa shape index (κ1) is 25.2. The Morgan fingerprint density at radius 3 is 2.11 bits per heavy atom. The van der Waals surface area contributed by atoms with Gasteiger partial charge in [0, 0.05) is 6.92 Å². The summed E-state index contributed by atoms with van der Waals surface area (Å²) in [6.07, 6.45) is 16.6. The van der Waals surface area contributed by atoms with E-state index in [0.717, 1.165) is 30.9 Å². The summed E-state index contributed by atoms with van der Waals surface area (Å²) in [7, 11) is 2.10. The minimum atomic E-state index is 0.435. The fourth-order valence-electron chi connectivity index (χ4n) is 3.88. The second kappa shape index (κ2) is 14.2. The second-order valence-electron chi connectivity index (χ2n) is 9.83. The highest BCUT2D eigenvalue weighted by atomic mass is 16.5. The van der Waals surface area contributed by atoms with E-state index in [1.54, 1.807) is 0 Å². The van der Waals surface area contributed by atoms with E-state index in [2.05, 4.69) is 70.1 Å². The van der Waals surface area contributed by atoms with Gasteiger partial charge in [0.05, 0.1) is 19.8 Å². The largest absolute Gasteiger partial charge is 0.374 e. The van der Waals surface area contributed by atoms with Crippen molar-refractivity contribution in [3.63, 3.8) is 0 Å². The van der Waals surface area contributed by atoms with Crippen LogP contribution in [0.4, 0.5) is 0 Å². The van der Waals surface area contributed by atoms with Crippen LogP contribution in [0.5, 0.6) is 0 Å². The Hall–Kier alpha value is -0.830. The molecule has 2 unspecified atom stereocenters. The van der Waals surface area contributed by atoms with Crippen LogP contribution in [-0.2, 0) is 18.3 Å². The maximum absolute atomic E-state index is 6.38. The quantitative estimate of drug-likeness (QED) is 0.233. The van der Waals surface area contributed by atoms with Crippen LogP contribution in [-0.4, -0.2) is 17.3 Å². The number of ether oxygens (including phenoxy) is 1. The third-order valence-corrected chi connectivity index (χ3v) is 6.10. The standard InChI is InChI=1S/C25H49N2O/c1-21(2)11-8-9-14-25(16-15-23(5)13-10-12-22(3)4)28-20-19-27-18-17-26(7)24(27)6/h17-18,21-23,25H,8-16,19-20H2,1-7H3/q+1. The van der Waals surface area contributed by atoms with Crippen molar-refractivity contribution in [3.05, 3.63) is 18.2 Å². The molecule has 3 nitrogen and oxygen atoms in total. The zero-order valence-corrected chi connectivity index (χ0v) is 20.0. The van der Waals surface area contributed by atoms with E-state index in [-0.39, 0.29) is 0 Å². The van der Waals surface area contributed by atoms with Crippen molar-refractivity contribution in [2.24, 2.45) is 24.8 Å². The molecular weight excluding hydrogens is 344 g/mol. The van der Waals surface area contributed by atoms with Gasteiger partial charge in [-0.1, -0.05) is 73.1 Å². The number of hydrogen-bond donors (Lipinski definition) is 0. The molecule has 28 heavy (non-hydrogen) atoms. The van der Waals surface area contributed by atoms with Gasteiger partial charge < -0.3 is 4.74 Å². The van der Waals surface area contributed by atoms with Crippen molar-refractivity contribution in [1.29, 1.82) is 0 Å². The number of imidazole rings is 1. The van der Waals surface area contributed by atoms with Gasteiger partial charge in [-0.05, 0) is 37.0 Å². The highest BCUT2D eigenvalue weighted by Crippen LogP contribution is 2.21. The molecule has 164 valence electrons. The molecule has 0 N–H and O–H groups in total. The van der Waals surface area contributed by atoms with Crippen LogP contribution in [0.2, 0.25) is 0 Å². The van der Waals surface area contributed by atoms with Gasteiger partial charge in [0.1, 0.15) is 18.9 Å². The number of aryl methyl sites for hydroxylation is 1. The molecular formula is C25H49N2O+. The molecule has 0 aliphatic carbocycles. The number of unbranched alkanes of at least 4 members (excludes halogenated alkanes) is 1. The van der Waals surface area contributed by atoms with Crippen LogP contribution in [0.1, 0.15) is 98.2 Å². The summed E-state index contributed by atoms with van der Waals surface area (Å²) in [6.45, 7) is 15.7.